The number of ether oxygens (including phenoxy) is 1. The predicted molar refractivity (Wildman–Crippen MR) is 147 cm³/mol. The fourth-order valence-electron chi connectivity index (χ4n) is 4.34. The molecule has 1 N–H and O–H groups in total. The molecule has 0 unspecified atom stereocenters. The molecular weight excluding hydrogens is 478 g/mol. The molecular formula is C30H31N5O3. The molecule has 5 rings (SSSR count). The smallest absolute Gasteiger partial charge is 0.327 e. The third-order valence-electron chi connectivity index (χ3n) is 6.51. The van der Waals surface area contributed by atoms with Crippen molar-refractivity contribution in [3.8, 4) is 17.2 Å². The van der Waals surface area contributed by atoms with Gasteiger partial charge in [0.25, 0.3) is 0 Å². The van der Waals surface area contributed by atoms with Gasteiger partial charge in [0.1, 0.15) is 17.0 Å². The van der Waals surface area contributed by atoms with Crippen molar-refractivity contribution in [1.29, 1.82) is 0 Å². The third kappa shape index (κ3) is 5.16. The Bertz CT molecular complexity index is 1670. The van der Waals surface area contributed by atoms with Gasteiger partial charge in [0, 0.05) is 37.6 Å². The van der Waals surface area contributed by atoms with Crippen LogP contribution in [0.4, 0.5) is 0 Å². The van der Waals surface area contributed by atoms with E-state index in [-0.39, 0.29) is 23.3 Å². The van der Waals surface area contributed by atoms with E-state index >= 15 is 0 Å². The summed E-state index contributed by atoms with van der Waals surface area (Å²) in [7, 11) is 1.67. The minimum atomic E-state index is -0.254. The molecule has 0 bridgehead atoms. The topological polar surface area (TPSA) is 94.8 Å². The highest BCUT2D eigenvalue weighted by Gasteiger charge is 2.22. The zero-order valence-corrected chi connectivity index (χ0v) is 22.3. The van der Waals surface area contributed by atoms with Crippen molar-refractivity contribution in [2.24, 2.45) is 7.05 Å². The number of ketones is 1. The summed E-state index contributed by atoms with van der Waals surface area (Å²) >= 11 is 0. The molecule has 2 aromatic carbocycles. The first kappa shape index (κ1) is 25.2. The number of fused-ring (bicyclic) bond motifs is 1. The van der Waals surface area contributed by atoms with Crippen molar-refractivity contribution in [3.63, 3.8) is 0 Å². The molecule has 0 radical (unpaired) electrons. The van der Waals surface area contributed by atoms with Crippen LogP contribution in [0.25, 0.3) is 16.9 Å². The maximum absolute atomic E-state index is 13.1. The predicted octanol–water partition coefficient (Wildman–Crippen LogP) is 5.20. The number of pyridine rings is 1. The number of imidazole rings is 1. The number of aromatic nitrogens is 5. The number of aryl methyl sites for hydroxylation is 2. The van der Waals surface area contributed by atoms with Crippen LogP contribution in [0.1, 0.15) is 43.3 Å². The maximum atomic E-state index is 13.1. The van der Waals surface area contributed by atoms with Crippen LogP contribution in [0.5, 0.6) is 11.5 Å². The number of rotatable bonds is 7. The van der Waals surface area contributed by atoms with Crippen LogP contribution >= 0.6 is 0 Å². The molecule has 3 aromatic heterocycles. The van der Waals surface area contributed by atoms with Crippen LogP contribution in [0.2, 0.25) is 0 Å². The number of nitrogens with one attached hydrogen (secondary N) is 1. The highest BCUT2D eigenvalue weighted by atomic mass is 16.5. The standard InChI is InChI=1S/C30H31N5O3/c1-19-6-10-21(11-7-19)35-22(18-26(33-35)30(2,3)4)17-23(36)16-20-8-12-24(13-9-20)38-25-14-15-31-28-27(25)34(5)29(37)32-28/h6-15,18H,16-17H2,1-5H3,(H,31,32,37). The molecule has 194 valence electrons. The molecule has 0 atom stereocenters. The summed E-state index contributed by atoms with van der Waals surface area (Å²) in [6.07, 6.45) is 2.18. The van der Waals surface area contributed by atoms with Gasteiger partial charge < -0.3 is 4.74 Å². The fraction of sp³-hybridized carbons (Fsp3) is 0.267. The number of hydrogen-bond donors (Lipinski definition) is 1. The minimum Gasteiger partial charge on any atom is -0.455 e. The van der Waals surface area contributed by atoms with Gasteiger partial charge in [0.05, 0.1) is 17.1 Å². The largest absolute Gasteiger partial charge is 0.455 e. The lowest BCUT2D eigenvalue weighted by Gasteiger charge is -2.14. The number of Topliss-reactive ketones (excluding diaryl/α,β-unsaturated/α-hetero) is 1. The Hall–Kier alpha value is -4.46. The van der Waals surface area contributed by atoms with Gasteiger partial charge in [0.15, 0.2) is 11.4 Å². The van der Waals surface area contributed by atoms with Gasteiger partial charge in [-0.3, -0.25) is 14.3 Å². The van der Waals surface area contributed by atoms with Crippen molar-refractivity contribution in [1.82, 2.24) is 24.3 Å². The van der Waals surface area contributed by atoms with Gasteiger partial charge in [0.2, 0.25) is 0 Å². The molecule has 8 nitrogen and oxygen atoms in total. The van der Waals surface area contributed by atoms with Gasteiger partial charge >= 0.3 is 5.69 Å². The van der Waals surface area contributed by atoms with Gasteiger partial charge in [-0.05, 0) is 42.8 Å². The summed E-state index contributed by atoms with van der Waals surface area (Å²) in [5.74, 6) is 1.24. The van der Waals surface area contributed by atoms with Crippen molar-refractivity contribution in [3.05, 3.63) is 99.9 Å². The van der Waals surface area contributed by atoms with Crippen molar-refractivity contribution < 1.29 is 9.53 Å². The van der Waals surface area contributed by atoms with E-state index in [1.54, 1.807) is 19.3 Å². The number of H-pyrrole nitrogens is 1. The lowest BCUT2D eigenvalue weighted by atomic mass is 9.92. The molecule has 0 spiro atoms. The first-order valence-corrected chi connectivity index (χ1v) is 12.6. The van der Waals surface area contributed by atoms with Crippen LogP contribution < -0.4 is 10.4 Å². The van der Waals surface area contributed by atoms with E-state index in [9.17, 15) is 9.59 Å². The molecule has 5 aromatic rings. The molecule has 0 fully saturated rings. The normalized spacial score (nSPS) is 11.7. The Morgan fingerprint density at radius 1 is 1.00 bits per heavy atom. The molecule has 8 heteroatoms. The number of carbonyl (C=O) groups excluding carboxylic acids is 1. The molecule has 0 aliphatic heterocycles. The summed E-state index contributed by atoms with van der Waals surface area (Å²) in [6.45, 7) is 8.42. The number of benzene rings is 2. The SMILES string of the molecule is Cc1ccc(-n2nc(C(C)(C)C)cc2CC(=O)Cc2ccc(Oc3ccnc4[nH]c(=O)n(C)c34)cc2)cc1. The number of aromatic amines is 1. The van der Waals surface area contributed by atoms with Crippen LogP contribution in [-0.4, -0.2) is 30.1 Å². The molecule has 0 amide bonds. The Morgan fingerprint density at radius 2 is 1.71 bits per heavy atom. The summed E-state index contributed by atoms with van der Waals surface area (Å²) in [4.78, 5) is 32.0. The lowest BCUT2D eigenvalue weighted by Crippen LogP contribution is -2.13. The van der Waals surface area contributed by atoms with Crippen LogP contribution in [0, 0.1) is 6.92 Å². The van der Waals surface area contributed by atoms with E-state index < -0.39 is 0 Å². The highest BCUT2D eigenvalue weighted by Crippen LogP contribution is 2.28. The third-order valence-corrected chi connectivity index (χ3v) is 6.51. The summed E-state index contributed by atoms with van der Waals surface area (Å²) in [6, 6.07) is 19.4. The second kappa shape index (κ2) is 9.78. The van der Waals surface area contributed by atoms with E-state index in [1.807, 2.05) is 54.1 Å². The summed E-state index contributed by atoms with van der Waals surface area (Å²) in [5.41, 5.74) is 5.53. The van der Waals surface area contributed by atoms with Gasteiger partial charge in [-0.1, -0.05) is 50.6 Å². The average molecular weight is 510 g/mol. The highest BCUT2D eigenvalue weighted by molar-refractivity contribution is 5.83. The van der Waals surface area contributed by atoms with Crippen LogP contribution in [0.3, 0.4) is 0 Å². The number of hydrogen-bond acceptors (Lipinski definition) is 5. The second-order valence-corrected chi connectivity index (χ2v) is 10.7. The Labute approximate surface area is 220 Å². The first-order valence-electron chi connectivity index (χ1n) is 12.6. The van der Waals surface area contributed by atoms with Gasteiger partial charge in [-0.2, -0.15) is 5.10 Å². The number of carbonyl (C=O) groups is 1. The molecule has 0 aliphatic rings. The quantitative estimate of drug-likeness (QED) is 0.325. The second-order valence-electron chi connectivity index (χ2n) is 10.7. The van der Waals surface area contributed by atoms with Crippen molar-refractivity contribution in [2.75, 3.05) is 0 Å². The first-order chi connectivity index (χ1) is 18.1. The van der Waals surface area contributed by atoms with Gasteiger partial charge in [-0.25, -0.2) is 14.5 Å². The Kier molecular flexibility index (Phi) is 6.48. The molecule has 0 aliphatic carbocycles. The molecule has 0 saturated carbocycles. The van der Waals surface area contributed by atoms with E-state index in [4.69, 9.17) is 9.84 Å². The van der Waals surface area contributed by atoms with Gasteiger partial charge in [-0.15, -0.1) is 0 Å². The molecule has 3 heterocycles. The monoisotopic (exact) mass is 509 g/mol. The summed E-state index contributed by atoms with van der Waals surface area (Å²) in [5, 5.41) is 4.84. The Balaban J connectivity index is 1.32. The van der Waals surface area contributed by atoms with Crippen molar-refractivity contribution in [2.45, 2.75) is 46.0 Å². The fourth-order valence-corrected chi connectivity index (χ4v) is 4.34. The average Bonchev–Trinajstić information content (AvgIpc) is 3.42. The Morgan fingerprint density at radius 3 is 2.39 bits per heavy atom. The number of nitrogens with zero attached hydrogens (tertiary/aromatic N) is 4. The zero-order valence-electron chi connectivity index (χ0n) is 22.3. The minimum absolute atomic E-state index is 0.102. The van der Waals surface area contributed by atoms with E-state index in [0.29, 0.717) is 29.1 Å². The van der Waals surface area contributed by atoms with E-state index in [2.05, 4.69) is 42.9 Å². The van der Waals surface area contributed by atoms with Crippen LogP contribution in [0.15, 0.2) is 71.7 Å². The molecule has 38 heavy (non-hydrogen) atoms. The van der Waals surface area contributed by atoms with Crippen molar-refractivity contribution >= 4 is 16.9 Å². The lowest BCUT2D eigenvalue weighted by molar-refractivity contribution is -0.117. The van der Waals surface area contributed by atoms with E-state index in [1.165, 1.54) is 10.1 Å². The molecule has 0 saturated heterocycles. The zero-order chi connectivity index (χ0) is 27.0. The maximum Gasteiger partial charge on any atom is 0.327 e. The summed E-state index contributed by atoms with van der Waals surface area (Å²) < 4.78 is 9.39. The van der Waals surface area contributed by atoms with E-state index in [0.717, 1.165) is 22.6 Å². The van der Waals surface area contributed by atoms with Crippen LogP contribution in [-0.2, 0) is 30.1 Å².